The second-order valence-corrected chi connectivity index (χ2v) is 17.8. The molecule has 23 heteroatoms. The fraction of sp³-hybridized carbons (Fsp3) is 0.702. The highest BCUT2D eigenvalue weighted by Crippen LogP contribution is 2.36. The number of hydrogen-bond acceptors (Lipinski definition) is 23. The molecule has 0 saturated heterocycles. The number of thiophene rings is 1. The predicted molar refractivity (Wildman–Crippen MR) is 307 cm³/mol. The molecule has 0 fully saturated rings. The Kier molecular flexibility index (Phi) is 56.2. The smallest absolute Gasteiger partial charge is 0.106 e. The molecular weight excluding hydrogens is 1060 g/mol. The van der Waals surface area contributed by atoms with E-state index in [0.717, 1.165) is 37.2 Å². The molecule has 22 nitrogen and oxygen atoms in total. The van der Waals surface area contributed by atoms with Gasteiger partial charge in [-0.05, 0) is 66.1 Å². The second kappa shape index (κ2) is 60.2. The normalized spacial score (nSPS) is 11.5. The van der Waals surface area contributed by atoms with E-state index in [4.69, 9.17) is 96.6 Å². The quantitative estimate of drug-likeness (QED) is 0.0443. The summed E-state index contributed by atoms with van der Waals surface area (Å²) in [4.78, 5) is 11.6. The van der Waals surface area contributed by atoms with Crippen molar-refractivity contribution < 1.29 is 96.6 Å². The first-order chi connectivity index (χ1) is 39.7. The van der Waals surface area contributed by atoms with E-state index in [1.807, 2.05) is 6.79 Å². The number of benzene rings is 2. The van der Waals surface area contributed by atoms with Crippen molar-refractivity contribution in [2.24, 2.45) is 0 Å². The Bertz CT molecular complexity index is 1650. The maximum absolute atomic E-state index is 8.81. The number of carbonyl (C=O) groups excluding carboxylic acids is 1. The minimum Gasteiger partial charge on any atom is -0.394 e. The van der Waals surface area contributed by atoms with Crippen LogP contribution in [0.2, 0.25) is 0 Å². The van der Waals surface area contributed by atoms with E-state index in [2.05, 4.69) is 76.3 Å². The van der Waals surface area contributed by atoms with Gasteiger partial charge >= 0.3 is 0 Å². The number of unbranched alkanes of at least 4 members (excludes halogenated alkanes) is 1. The lowest BCUT2D eigenvalue weighted by Gasteiger charge is -2.26. The molecule has 0 radical (unpaired) electrons. The van der Waals surface area contributed by atoms with Gasteiger partial charge in [-0.15, -0.1) is 11.3 Å². The summed E-state index contributed by atoms with van der Waals surface area (Å²) in [5, 5.41) is 48.7. The van der Waals surface area contributed by atoms with Gasteiger partial charge in [0.1, 0.15) is 6.79 Å². The van der Waals surface area contributed by atoms with Crippen LogP contribution in [0, 0.1) is 0 Å². The third-order valence-corrected chi connectivity index (χ3v) is 11.8. The number of rotatable bonds is 57. The van der Waals surface area contributed by atoms with Gasteiger partial charge < -0.3 is 107 Å². The number of ether oxygens (including phenoxy) is 14. The number of hydrogen-bond donors (Lipinski definition) is 6. The van der Waals surface area contributed by atoms with E-state index >= 15 is 0 Å². The molecule has 462 valence electrons. The van der Waals surface area contributed by atoms with Gasteiger partial charge in [0.05, 0.1) is 198 Å². The Labute approximate surface area is 479 Å². The first-order valence-corrected chi connectivity index (χ1v) is 28.7. The molecule has 0 bridgehead atoms. The Hall–Kier alpha value is -3.35. The lowest BCUT2D eigenvalue weighted by molar-refractivity contribution is -0.0980. The van der Waals surface area contributed by atoms with E-state index in [1.54, 1.807) is 11.3 Å². The van der Waals surface area contributed by atoms with Crippen LogP contribution in [0.4, 0.5) is 11.4 Å². The number of aliphatic hydroxyl groups is 5. The summed E-state index contributed by atoms with van der Waals surface area (Å²) < 4.78 is 76.1. The van der Waals surface area contributed by atoms with Gasteiger partial charge in [-0.3, -0.25) is 0 Å². The van der Waals surface area contributed by atoms with E-state index in [9.17, 15) is 0 Å². The maximum atomic E-state index is 8.81. The molecule has 1 unspecified atom stereocenters. The van der Waals surface area contributed by atoms with Gasteiger partial charge in [0.2, 0.25) is 0 Å². The Morgan fingerprint density at radius 3 is 1.07 bits per heavy atom. The van der Waals surface area contributed by atoms with Crippen molar-refractivity contribution in [3.05, 3.63) is 82.0 Å². The van der Waals surface area contributed by atoms with Gasteiger partial charge in [0, 0.05) is 61.6 Å². The van der Waals surface area contributed by atoms with Gasteiger partial charge in [0.25, 0.3) is 0 Å². The molecule has 80 heavy (non-hydrogen) atoms. The zero-order chi connectivity index (χ0) is 57.7. The second-order valence-electron chi connectivity index (χ2n) is 16.8. The number of nitrogens with one attached hydrogen (secondary N) is 1. The van der Waals surface area contributed by atoms with Crippen molar-refractivity contribution in [1.29, 1.82) is 0 Å². The highest BCUT2D eigenvalue weighted by Gasteiger charge is 2.19. The minimum absolute atomic E-state index is 0.00957. The highest BCUT2D eigenvalue weighted by molar-refractivity contribution is 7.10. The standard InChI is InChI=1S/C46H74N2O14S.C10H22O5.CH2O/c49-15-21-55-27-33-58-30-24-52-18-2-13-48(14-20-54-26-32-60-37-39-62-35-29-57-23-17-51)44-10-6-42(7-11-44)46(45-3-1-40-63-45)41-4-8-43(9-5-41)47-12-19-53-25-31-59-36-38-61-34-28-56-22-16-50;11-3-7-13-5-1-2-6-14-9-10-15-8-4-12;1-2/h1,3-11,40,46-47,49-51H,2,12-39H2;11-12H,1-10H2;1H2. The number of aliphatic hydroxyl groups excluding tert-OH is 5. The van der Waals surface area contributed by atoms with Crippen molar-refractivity contribution >= 4 is 29.5 Å². The molecule has 6 N–H and O–H groups in total. The summed E-state index contributed by atoms with van der Waals surface area (Å²) in [6, 6.07) is 21.8. The fourth-order valence-electron chi connectivity index (χ4n) is 7.04. The summed E-state index contributed by atoms with van der Waals surface area (Å²) >= 11 is 1.76. The van der Waals surface area contributed by atoms with Crippen LogP contribution in [0.25, 0.3) is 0 Å². The number of nitrogens with zero attached hydrogens (tertiary/aromatic N) is 1. The minimum atomic E-state index is 0.00957. The van der Waals surface area contributed by atoms with Gasteiger partial charge in [-0.2, -0.15) is 0 Å². The van der Waals surface area contributed by atoms with Crippen LogP contribution < -0.4 is 10.2 Å². The summed E-state index contributed by atoms with van der Waals surface area (Å²) in [6.07, 6.45) is 2.73. The molecule has 0 aliphatic carbocycles. The molecule has 0 aliphatic heterocycles. The SMILES string of the molecule is C=O.OCCOCCCCOCCOCCO.OCCOCCOCCOCCCN(CCOCCOCCOCCOCCO)c1ccc(C(c2ccc(NCCOCCOCCOCCOCCO)cc2)c2cccs2)cc1. The lowest BCUT2D eigenvalue weighted by Crippen LogP contribution is -2.30. The summed E-state index contributed by atoms with van der Waals surface area (Å²) in [6.45, 7) is 18.1. The highest BCUT2D eigenvalue weighted by atomic mass is 32.1. The van der Waals surface area contributed by atoms with Crippen molar-refractivity contribution in [1.82, 2.24) is 0 Å². The van der Waals surface area contributed by atoms with Crippen molar-refractivity contribution in [3.8, 4) is 0 Å². The van der Waals surface area contributed by atoms with Crippen LogP contribution >= 0.6 is 11.3 Å². The van der Waals surface area contributed by atoms with Crippen LogP contribution in [-0.4, -0.2) is 270 Å². The third kappa shape index (κ3) is 44.3. The molecule has 3 rings (SSSR count). The third-order valence-electron chi connectivity index (χ3n) is 10.8. The first-order valence-electron chi connectivity index (χ1n) is 27.8. The zero-order valence-electron chi connectivity index (χ0n) is 47.4. The van der Waals surface area contributed by atoms with Gasteiger partial charge in [-0.25, -0.2) is 0 Å². The molecule has 3 aromatic rings. The van der Waals surface area contributed by atoms with Crippen LogP contribution in [0.1, 0.15) is 41.2 Å². The Morgan fingerprint density at radius 2 is 0.700 bits per heavy atom. The fourth-order valence-corrected chi connectivity index (χ4v) is 7.92. The summed E-state index contributed by atoms with van der Waals surface area (Å²) in [5.74, 6) is 0.0973. The number of anilines is 2. The number of carbonyl (C=O) groups is 1. The molecule has 0 amide bonds. The van der Waals surface area contributed by atoms with Crippen molar-refractivity contribution in [3.63, 3.8) is 0 Å². The van der Waals surface area contributed by atoms with Gasteiger partial charge in [-0.1, -0.05) is 30.3 Å². The van der Waals surface area contributed by atoms with Crippen LogP contribution in [0.5, 0.6) is 0 Å². The Morgan fingerprint density at radius 1 is 0.375 bits per heavy atom. The molecule has 1 heterocycles. The molecule has 1 atom stereocenters. The maximum Gasteiger partial charge on any atom is 0.106 e. The van der Waals surface area contributed by atoms with E-state index in [0.29, 0.717) is 198 Å². The van der Waals surface area contributed by atoms with Crippen LogP contribution in [-0.2, 0) is 71.1 Å². The van der Waals surface area contributed by atoms with Crippen LogP contribution in [0.15, 0.2) is 66.0 Å². The van der Waals surface area contributed by atoms with E-state index in [-0.39, 0.29) is 39.0 Å². The first kappa shape index (κ1) is 74.7. The van der Waals surface area contributed by atoms with Crippen LogP contribution in [0.3, 0.4) is 0 Å². The summed E-state index contributed by atoms with van der Waals surface area (Å²) in [7, 11) is 0. The van der Waals surface area contributed by atoms with Crippen molar-refractivity contribution in [2.75, 3.05) is 248 Å². The molecule has 0 spiro atoms. The average Bonchev–Trinajstić information content (AvgIpc) is 4.03. The molecule has 0 saturated carbocycles. The molecule has 2 aromatic carbocycles. The van der Waals surface area contributed by atoms with E-state index in [1.165, 1.54) is 16.0 Å². The molecule has 1 aromatic heterocycles. The monoisotopic (exact) mass is 1160 g/mol. The average molecular weight is 1160 g/mol. The van der Waals surface area contributed by atoms with E-state index < -0.39 is 0 Å². The van der Waals surface area contributed by atoms with Gasteiger partial charge in [0.15, 0.2) is 0 Å². The topological polar surface area (TPSA) is 263 Å². The predicted octanol–water partition coefficient (Wildman–Crippen LogP) is 3.31. The molecular formula is C57H98N2O20S. The Balaban J connectivity index is 0.00000162. The molecule has 0 aliphatic rings. The zero-order valence-corrected chi connectivity index (χ0v) is 48.2. The summed E-state index contributed by atoms with van der Waals surface area (Å²) in [5.41, 5.74) is 4.59. The lowest BCUT2D eigenvalue weighted by atomic mass is 9.89. The van der Waals surface area contributed by atoms with Crippen molar-refractivity contribution in [2.45, 2.75) is 25.2 Å². The largest absolute Gasteiger partial charge is 0.394 e.